The van der Waals surface area contributed by atoms with E-state index in [1.807, 2.05) is 6.92 Å². The summed E-state index contributed by atoms with van der Waals surface area (Å²) >= 11 is 3.23. The lowest BCUT2D eigenvalue weighted by Crippen LogP contribution is -2.36. The summed E-state index contributed by atoms with van der Waals surface area (Å²) in [7, 11) is 0. The summed E-state index contributed by atoms with van der Waals surface area (Å²) in [4.78, 5) is 15.7. The van der Waals surface area contributed by atoms with E-state index >= 15 is 0 Å². The smallest absolute Gasteiger partial charge is 0.253 e. The van der Waals surface area contributed by atoms with Gasteiger partial charge in [-0.3, -0.25) is 4.79 Å². The third-order valence-electron chi connectivity index (χ3n) is 2.35. The molecule has 1 unspecified atom stereocenters. The molecule has 0 saturated carbocycles. The molecule has 4 heteroatoms. The van der Waals surface area contributed by atoms with Gasteiger partial charge in [-0.1, -0.05) is 13.8 Å². The molecule has 1 rings (SSSR count). The van der Waals surface area contributed by atoms with E-state index in [0.717, 1.165) is 4.60 Å². The molecule has 1 heterocycles. The molecule has 1 amide bonds. The molecule has 1 atom stereocenters. The van der Waals surface area contributed by atoms with Crippen LogP contribution in [-0.2, 0) is 0 Å². The average Bonchev–Trinajstić information content (AvgIpc) is 2.18. The van der Waals surface area contributed by atoms with Gasteiger partial charge in [0, 0.05) is 12.2 Å². The van der Waals surface area contributed by atoms with Crippen LogP contribution < -0.4 is 5.32 Å². The van der Waals surface area contributed by atoms with Crippen LogP contribution in [0.25, 0.3) is 0 Å². The van der Waals surface area contributed by atoms with Crippen LogP contribution >= 0.6 is 15.9 Å². The normalized spacial score (nSPS) is 12.6. The fourth-order valence-corrected chi connectivity index (χ4v) is 1.20. The number of aromatic nitrogens is 1. The van der Waals surface area contributed by atoms with Crippen LogP contribution in [0, 0.1) is 5.92 Å². The summed E-state index contributed by atoms with van der Waals surface area (Å²) in [6.45, 7) is 6.14. The minimum absolute atomic E-state index is 0.0730. The molecule has 0 bridgehead atoms. The van der Waals surface area contributed by atoms with Gasteiger partial charge in [0.05, 0.1) is 5.56 Å². The van der Waals surface area contributed by atoms with Crippen LogP contribution in [0.5, 0.6) is 0 Å². The molecule has 0 aromatic carbocycles. The SMILES string of the molecule is CC(C)C(C)NC(=O)c1ccc(Br)nc1. The van der Waals surface area contributed by atoms with E-state index in [9.17, 15) is 4.79 Å². The lowest BCUT2D eigenvalue weighted by Gasteiger charge is -2.17. The minimum atomic E-state index is -0.0730. The van der Waals surface area contributed by atoms with Crippen molar-refractivity contribution in [3.8, 4) is 0 Å². The molecule has 0 aliphatic rings. The average molecular weight is 271 g/mol. The summed E-state index contributed by atoms with van der Waals surface area (Å²) < 4.78 is 0.732. The lowest BCUT2D eigenvalue weighted by atomic mass is 10.1. The van der Waals surface area contributed by atoms with Gasteiger partial charge in [-0.05, 0) is 40.9 Å². The zero-order chi connectivity index (χ0) is 11.4. The van der Waals surface area contributed by atoms with Gasteiger partial charge < -0.3 is 5.32 Å². The largest absolute Gasteiger partial charge is 0.349 e. The van der Waals surface area contributed by atoms with Gasteiger partial charge in [0.15, 0.2) is 0 Å². The molecule has 0 saturated heterocycles. The Morgan fingerprint density at radius 1 is 1.40 bits per heavy atom. The standard InChI is InChI=1S/C11H15BrN2O/c1-7(2)8(3)14-11(15)9-4-5-10(12)13-6-9/h4-8H,1-3H3,(H,14,15). The zero-order valence-electron chi connectivity index (χ0n) is 9.12. The number of amides is 1. The van der Waals surface area contributed by atoms with Gasteiger partial charge in [0.1, 0.15) is 4.60 Å². The molecular weight excluding hydrogens is 256 g/mol. The topological polar surface area (TPSA) is 42.0 Å². The van der Waals surface area contributed by atoms with E-state index in [0.29, 0.717) is 11.5 Å². The fourth-order valence-electron chi connectivity index (χ4n) is 0.967. The number of halogens is 1. The molecule has 0 spiro atoms. The van der Waals surface area contributed by atoms with Crippen LogP contribution in [-0.4, -0.2) is 16.9 Å². The highest BCUT2D eigenvalue weighted by molar-refractivity contribution is 9.10. The van der Waals surface area contributed by atoms with Gasteiger partial charge in [-0.15, -0.1) is 0 Å². The van der Waals surface area contributed by atoms with E-state index in [4.69, 9.17) is 0 Å². The van der Waals surface area contributed by atoms with Gasteiger partial charge in [-0.2, -0.15) is 0 Å². The van der Waals surface area contributed by atoms with Crippen LogP contribution in [0.1, 0.15) is 31.1 Å². The Kier molecular flexibility index (Phi) is 4.27. The molecule has 0 radical (unpaired) electrons. The van der Waals surface area contributed by atoms with E-state index in [1.54, 1.807) is 18.3 Å². The highest BCUT2D eigenvalue weighted by atomic mass is 79.9. The minimum Gasteiger partial charge on any atom is -0.349 e. The van der Waals surface area contributed by atoms with Crippen molar-refractivity contribution >= 4 is 21.8 Å². The quantitative estimate of drug-likeness (QED) is 0.859. The zero-order valence-corrected chi connectivity index (χ0v) is 10.7. The molecule has 0 aliphatic carbocycles. The van der Waals surface area contributed by atoms with Gasteiger partial charge in [0.25, 0.3) is 5.91 Å². The van der Waals surface area contributed by atoms with Crippen LogP contribution in [0.15, 0.2) is 22.9 Å². The highest BCUT2D eigenvalue weighted by Gasteiger charge is 2.12. The molecule has 82 valence electrons. The third-order valence-corrected chi connectivity index (χ3v) is 2.82. The first-order valence-electron chi connectivity index (χ1n) is 4.93. The van der Waals surface area contributed by atoms with Crippen LogP contribution in [0.3, 0.4) is 0 Å². The molecule has 3 nitrogen and oxygen atoms in total. The number of carbonyl (C=O) groups is 1. The van der Waals surface area contributed by atoms with Crippen molar-refractivity contribution in [3.63, 3.8) is 0 Å². The predicted octanol–water partition coefficient (Wildman–Crippen LogP) is 2.62. The molecule has 0 aliphatic heterocycles. The molecule has 1 N–H and O–H groups in total. The van der Waals surface area contributed by atoms with Crippen molar-refractivity contribution in [2.45, 2.75) is 26.8 Å². The molecule has 0 fully saturated rings. The first-order valence-corrected chi connectivity index (χ1v) is 5.72. The monoisotopic (exact) mass is 270 g/mol. The van der Waals surface area contributed by atoms with E-state index in [1.165, 1.54) is 0 Å². The predicted molar refractivity (Wildman–Crippen MR) is 63.7 cm³/mol. The second-order valence-corrected chi connectivity index (χ2v) is 4.69. The Morgan fingerprint density at radius 2 is 2.07 bits per heavy atom. The van der Waals surface area contributed by atoms with Crippen molar-refractivity contribution < 1.29 is 4.79 Å². The molecular formula is C11H15BrN2O. The Labute approximate surface area is 98.4 Å². The van der Waals surface area contributed by atoms with Crippen molar-refractivity contribution in [2.75, 3.05) is 0 Å². The Bertz CT molecular complexity index is 335. The summed E-state index contributed by atoms with van der Waals surface area (Å²) in [5, 5.41) is 2.92. The second kappa shape index (κ2) is 5.26. The van der Waals surface area contributed by atoms with E-state index in [2.05, 4.69) is 40.1 Å². The molecule has 15 heavy (non-hydrogen) atoms. The number of hydrogen-bond donors (Lipinski definition) is 1. The Morgan fingerprint density at radius 3 is 2.53 bits per heavy atom. The van der Waals surface area contributed by atoms with Gasteiger partial charge >= 0.3 is 0 Å². The number of pyridine rings is 1. The number of nitrogens with zero attached hydrogens (tertiary/aromatic N) is 1. The third kappa shape index (κ3) is 3.63. The van der Waals surface area contributed by atoms with Crippen LogP contribution in [0.2, 0.25) is 0 Å². The Balaban J connectivity index is 2.65. The maximum Gasteiger partial charge on any atom is 0.253 e. The summed E-state index contributed by atoms with van der Waals surface area (Å²) in [5.41, 5.74) is 0.589. The van der Waals surface area contributed by atoms with Gasteiger partial charge in [0.2, 0.25) is 0 Å². The summed E-state index contributed by atoms with van der Waals surface area (Å²) in [6.07, 6.45) is 1.56. The van der Waals surface area contributed by atoms with E-state index < -0.39 is 0 Å². The number of rotatable bonds is 3. The summed E-state index contributed by atoms with van der Waals surface area (Å²) in [5.74, 6) is 0.355. The van der Waals surface area contributed by atoms with E-state index in [-0.39, 0.29) is 11.9 Å². The van der Waals surface area contributed by atoms with Crippen LogP contribution in [0.4, 0.5) is 0 Å². The second-order valence-electron chi connectivity index (χ2n) is 3.88. The van der Waals surface area contributed by atoms with Crippen molar-refractivity contribution in [3.05, 3.63) is 28.5 Å². The number of carbonyl (C=O) groups excluding carboxylic acids is 1. The first kappa shape index (κ1) is 12.2. The van der Waals surface area contributed by atoms with Crippen molar-refractivity contribution in [1.29, 1.82) is 0 Å². The first-order chi connectivity index (χ1) is 7.00. The maximum absolute atomic E-state index is 11.7. The Hall–Kier alpha value is -0.900. The summed E-state index contributed by atoms with van der Waals surface area (Å²) in [6, 6.07) is 3.68. The number of nitrogens with one attached hydrogen (secondary N) is 1. The molecule has 1 aromatic rings. The van der Waals surface area contributed by atoms with Crippen molar-refractivity contribution in [1.82, 2.24) is 10.3 Å². The highest BCUT2D eigenvalue weighted by Crippen LogP contribution is 2.07. The molecule has 1 aromatic heterocycles. The number of hydrogen-bond acceptors (Lipinski definition) is 2. The van der Waals surface area contributed by atoms with Gasteiger partial charge in [-0.25, -0.2) is 4.98 Å². The van der Waals surface area contributed by atoms with Crippen molar-refractivity contribution in [2.24, 2.45) is 5.92 Å². The fraction of sp³-hybridized carbons (Fsp3) is 0.455. The lowest BCUT2D eigenvalue weighted by molar-refractivity contribution is 0.0930. The maximum atomic E-state index is 11.7.